The average Bonchev–Trinajstić information content (AvgIpc) is 2.95. The quantitative estimate of drug-likeness (QED) is 0.820. The molecule has 0 saturated heterocycles. The predicted octanol–water partition coefficient (Wildman–Crippen LogP) is 2.66. The van der Waals surface area contributed by atoms with Crippen molar-refractivity contribution in [2.45, 2.75) is 11.8 Å². The molecular weight excluding hydrogens is 317 g/mol. The van der Waals surface area contributed by atoms with E-state index in [1.807, 2.05) is 0 Å². The lowest BCUT2D eigenvalue weighted by Gasteiger charge is -2.10. The Balaban J connectivity index is 1.92. The van der Waals surface area contributed by atoms with Crippen LogP contribution in [-0.4, -0.2) is 21.6 Å². The van der Waals surface area contributed by atoms with Crippen molar-refractivity contribution >= 4 is 23.6 Å². The summed E-state index contributed by atoms with van der Waals surface area (Å²) in [6.07, 6.45) is 0. The highest BCUT2D eigenvalue weighted by molar-refractivity contribution is 7.99. The Bertz CT molecular complexity index is 756. The number of benzene rings is 1. The van der Waals surface area contributed by atoms with Crippen LogP contribution in [0.1, 0.15) is 18.3 Å². The van der Waals surface area contributed by atoms with Crippen molar-refractivity contribution in [2.24, 2.45) is 5.92 Å². The zero-order valence-corrected chi connectivity index (χ0v) is 12.9. The molecule has 1 heterocycles. The number of halogens is 1. The molecule has 6 nitrogen and oxygen atoms in total. The Labute approximate surface area is 136 Å². The van der Waals surface area contributed by atoms with Crippen molar-refractivity contribution < 1.29 is 9.18 Å². The molecule has 1 aromatic carbocycles. The van der Waals surface area contributed by atoms with Crippen LogP contribution in [0.25, 0.3) is 0 Å². The van der Waals surface area contributed by atoms with Gasteiger partial charge in [-0.15, -0.1) is 11.8 Å². The highest BCUT2D eigenvalue weighted by atomic mass is 32.2. The van der Waals surface area contributed by atoms with Gasteiger partial charge in [0.25, 0.3) is 0 Å². The average molecular weight is 329 g/mol. The number of aromatic amines is 1. The smallest absolute Gasteiger partial charge is 0.230 e. The van der Waals surface area contributed by atoms with Crippen LogP contribution in [-0.2, 0) is 4.79 Å². The summed E-state index contributed by atoms with van der Waals surface area (Å²) in [5.74, 6) is -0.371. The summed E-state index contributed by atoms with van der Waals surface area (Å²) in [6, 6.07) is 9.59. The fourth-order valence-electron chi connectivity index (χ4n) is 1.66. The van der Waals surface area contributed by atoms with Gasteiger partial charge in [-0.3, -0.25) is 10.1 Å². The van der Waals surface area contributed by atoms with Gasteiger partial charge in [-0.05, 0) is 24.3 Å². The molecule has 1 amide bonds. The number of imidazole rings is 1. The molecule has 1 atom stereocenters. The first-order valence-corrected chi connectivity index (χ1v) is 7.61. The standard InChI is InChI=1S/C15H12FN5OS/c1-9(8-23-11-4-2-10(16)3-5-11)14(22)21-15-19-12(6-17)13(7-18)20-15/h2-5,9H,8H2,1H3,(H2,19,20,21,22)/t9-/m0/s1. The zero-order chi connectivity index (χ0) is 16.8. The fourth-order valence-corrected chi connectivity index (χ4v) is 2.58. The van der Waals surface area contributed by atoms with Crippen molar-refractivity contribution in [1.82, 2.24) is 9.97 Å². The molecule has 8 heteroatoms. The third kappa shape index (κ3) is 4.31. The lowest BCUT2D eigenvalue weighted by Crippen LogP contribution is -2.22. The van der Waals surface area contributed by atoms with Gasteiger partial charge in [-0.25, -0.2) is 9.37 Å². The van der Waals surface area contributed by atoms with E-state index in [4.69, 9.17) is 10.5 Å². The number of H-pyrrole nitrogens is 1. The van der Waals surface area contributed by atoms with E-state index in [0.29, 0.717) is 5.75 Å². The Morgan fingerprint density at radius 2 is 2.09 bits per heavy atom. The van der Waals surface area contributed by atoms with Gasteiger partial charge in [-0.2, -0.15) is 10.5 Å². The predicted molar refractivity (Wildman–Crippen MR) is 82.9 cm³/mol. The molecule has 0 bridgehead atoms. The Morgan fingerprint density at radius 3 is 2.65 bits per heavy atom. The van der Waals surface area contributed by atoms with Crippen LogP contribution in [0.3, 0.4) is 0 Å². The minimum Gasteiger partial charge on any atom is -0.314 e. The summed E-state index contributed by atoms with van der Waals surface area (Å²) in [5.41, 5.74) is -0.0488. The number of aromatic nitrogens is 2. The largest absolute Gasteiger partial charge is 0.314 e. The SMILES string of the molecule is C[C@@H](CSc1ccc(F)cc1)C(=O)Nc1nc(C#N)c(C#N)[nH]1. The second-order valence-electron chi connectivity index (χ2n) is 4.69. The summed E-state index contributed by atoms with van der Waals surface area (Å²) in [6.45, 7) is 1.74. The maximum absolute atomic E-state index is 12.8. The van der Waals surface area contributed by atoms with Gasteiger partial charge >= 0.3 is 0 Å². The van der Waals surface area contributed by atoms with E-state index >= 15 is 0 Å². The highest BCUT2D eigenvalue weighted by Gasteiger charge is 2.17. The summed E-state index contributed by atoms with van der Waals surface area (Å²) < 4.78 is 12.8. The van der Waals surface area contributed by atoms with E-state index in [1.54, 1.807) is 31.2 Å². The summed E-state index contributed by atoms with van der Waals surface area (Å²) >= 11 is 1.43. The lowest BCUT2D eigenvalue weighted by atomic mass is 10.2. The Kier molecular flexibility index (Phi) is 5.34. The third-order valence-corrected chi connectivity index (χ3v) is 4.20. The van der Waals surface area contributed by atoms with Crippen LogP contribution in [0.2, 0.25) is 0 Å². The third-order valence-electron chi connectivity index (χ3n) is 2.92. The lowest BCUT2D eigenvalue weighted by molar-refractivity contribution is -0.118. The second kappa shape index (κ2) is 7.43. The number of nitriles is 2. The molecule has 23 heavy (non-hydrogen) atoms. The van der Waals surface area contributed by atoms with E-state index in [1.165, 1.54) is 23.9 Å². The van der Waals surface area contributed by atoms with E-state index in [9.17, 15) is 9.18 Å². The zero-order valence-electron chi connectivity index (χ0n) is 12.1. The molecule has 0 saturated carbocycles. The maximum atomic E-state index is 12.8. The second-order valence-corrected chi connectivity index (χ2v) is 5.78. The monoisotopic (exact) mass is 329 g/mol. The summed E-state index contributed by atoms with van der Waals surface area (Å²) in [5, 5.41) is 20.2. The van der Waals surface area contributed by atoms with E-state index in [-0.39, 0.29) is 35.0 Å². The molecular formula is C15H12FN5OS. The molecule has 1 aromatic heterocycles. The van der Waals surface area contributed by atoms with Crippen LogP contribution >= 0.6 is 11.8 Å². The van der Waals surface area contributed by atoms with Gasteiger partial charge in [0, 0.05) is 16.6 Å². The molecule has 0 aliphatic carbocycles. The summed E-state index contributed by atoms with van der Waals surface area (Å²) in [7, 11) is 0. The van der Waals surface area contributed by atoms with E-state index in [0.717, 1.165) is 4.90 Å². The van der Waals surface area contributed by atoms with Crippen LogP contribution < -0.4 is 5.32 Å². The van der Waals surface area contributed by atoms with E-state index in [2.05, 4.69) is 15.3 Å². The number of hydrogen-bond donors (Lipinski definition) is 2. The Hall–Kier alpha value is -2.84. The number of nitrogens with zero attached hydrogens (tertiary/aromatic N) is 3. The van der Waals surface area contributed by atoms with Crippen molar-refractivity contribution in [3.8, 4) is 12.1 Å². The molecule has 0 radical (unpaired) electrons. The van der Waals surface area contributed by atoms with Crippen LogP contribution in [0.5, 0.6) is 0 Å². The number of carbonyl (C=O) groups excluding carboxylic acids is 1. The molecule has 0 unspecified atom stereocenters. The maximum Gasteiger partial charge on any atom is 0.230 e. The van der Waals surface area contributed by atoms with Crippen molar-refractivity contribution in [3.63, 3.8) is 0 Å². The van der Waals surface area contributed by atoms with Crippen molar-refractivity contribution in [1.29, 1.82) is 10.5 Å². The van der Waals surface area contributed by atoms with Crippen molar-refractivity contribution in [2.75, 3.05) is 11.1 Å². The fraction of sp³-hybridized carbons (Fsp3) is 0.200. The van der Waals surface area contributed by atoms with Gasteiger partial charge in [0.2, 0.25) is 11.9 Å². The molecule has 2 N–H and O–H groups in total. The number of thioether (sulfide) groups is 1. The molecule has 116 valence electrons. The first-order valence-electron chi connectivity index (χ1n) is 6.63. The first-order chi connectivity index (χ1) is 11.0. The molecule has 0 spiro atoms. The molecule has 0 aliphatic rings. The number of amides is 1. The minimum atomic E-state index is -0.341. The van der Waals surface area contributed by atoms with Crippen LogP contribution in [0.4, 0.5) is 10.3 Å². The normalized spacial score (nSPS) is 11.3. The number of hydrogen-bond acceptors (Lipinski definition) is 5. The number of rotatable bonds is 5. The molecule has 2 aromatic rings. The van der Waals surface area contributed by atoms with Crippen LogP contribution in [0.15, 0.2) is 29.2 Å². The highest BCUT2D eigenvalue weighted by Crippen LogP contribution is 2.21. The van der Waals surface area contributed by atoms with Gasteiger partial charge < -0.3 is 4.98 Å². The summed E-state index contributed by atoms with van der Waals surface area (Å²) in [4.78, 5) is 19.3. The van der Waals surface area contributed by atoms with Gasteiger partial charge in [0.15, 0.2) is 11.4 Å². The van der Waals surface area contributed by atoms with Crippen LogP contribution in [0, 0.1) is 34.4 Å². The Morgan fingerprint density at radius 1 is 1.39 bits per heavy atom. The molecule has 2 rings (SSSR count). The number of anilines is 1. The van der Waals surface area contributed by atoms with Gasteiger partial charge in [-0.1, -0.05) is 6.92 Å². The molecule has 0 fully saturated rings. The van der Waals surface area contributed by atoms with Gasteiger partial charge in [0.05, 0.1) is 0 Å². The number of nitrogens with one attached hydrogen (secondary N) is 2. The minimum absolute atomic E-state index is 0.0103. The van der Waals surface area contributed by atoms with E-state index < -0.39 is 0 Å². The number of carbonyl (C=O) groups is 1. The topological polar surface area (TPSA) is 105 Å². The molecule has 0 aliphatic heterocycles. The van der Waals surface area contributed by atoms with Crippen molar-refractivity contribution in [3.05, 3.63) is 41.5 Å². The first kappa shape index (κ1) is 16.5. The van der Waals surface area contributed by atoms with Gasteiger partial charge in [0.1, 0.15) is 18.0 Å².